The Labute approximate surface area is 95.5 Å². The summed E-state index contributed by atoms with van der Waals surface area (Å²) in [6.07, 6.45) is 1.71. The van der Waals surface area contributed by atoms with Gasteiger partial charge in [0, 0.05) is 12.7 Å². The zero-order valence-corrected chi connectivity index (χ0v) is 9.70. The number of nitrogens with one attached hydrogen (secondary N) is 1. The number of aromatic nitrogens is 2. The SMILES string of the molecule is C=C(C)CNC(N)=NCc1ccnc(C)n1. The first-order valence-corrected chi connectivity index (χ1v) is 5.04. The maximum atomic E-state index is 5.66. The van der Waals surface area contributed by atoms with Gasteiger partial charge in [0.05, 0.1) is 12.2 Å². The van der Waals surface area contributed by atoms with Crippen LogP contribution in [0.4, 0.5) is 0 Å². The van der Waals surface area contributed by atoms with Gasteiger partial charge in [0.25, 0.3) is 0 Å². The monoisotopic (exact) mass is 219 g/mol. The Morgan fingerprint density at radius 1 is 1.62 bits per heavy atom. The van der Waals surface area contributed by atoms with Crippen LogP contribution in [-0.2, 0) is 6.54 Å². The molecular weight excluding hydrogens is 202 g/mol. The first-order valence-electron chi connectivity index (χ1n) is 5.04. The van der Waals surface area contributed by atoms with E-state index in [9.17, 15) is 0 Å². The van der Waals surface area contributed by atoms with E-state index in [1.54, 1.807) is 6.20 Å². The largest absolute Gasteiger partial charge is 0.370 e. The van der Waals surface area contributed by atoms with Crippen molar-refractivity contribution in [3.05, 3.63) is 35.9 Å². The number of aryl methyl sites for hydroxylation is 1. The van der Waals surface area contributed by atoms with Crippen molar-refractivity contribution in [2.75, 3.05) is 6.54 Å². The lowest BCUT2D eigenvalue weighted by Gasteiger charge is -2.04. The number of guanidine groups is 1. The summed E-state index contributed by atoms with van der Waals surface area (Å²) in [5, 5.41) is 2.95. The van der Waals surface area contributed by atoms with Gasteiger partial charge in [0.15, 0.2) is 5.96 Å². The summed E-state index contributed by atoms with van der Waals surface area (Å²) in [5.74, 6) is 1.14. The molecule has 3 N–H and O–H groups in total. The lowest BCUT2D eigenvalue weighted by molar-refractivity contribution is 0.897. The molecule has 86 valence electrons. The maximum absolute atomic E-state index is 5.66. The van der Waals surface area contributed by atoms with E-state index in [-0.39, 0.29) is 0 Å². The smallest absolute Gasteiger partial charge is 0.189 e. The molecule has 1 heterocycles. The molecule has 0 aliphatic heterocycles. The Kier molecular flexibility index (Phi) is 4.44. The van der Waals surface area contributed by atoms with E-state index in [1.807, 2.05) is 19.9 Å². The summed E-state index contributed by atoms with van der Waals surface area (Å²) in [6, 6.07) is 1.82. The zero-order chi connectivity index (χ0) is 12.0. The van der Waals surface area contributed by atoms with Gasteiger partial charge in [-0.25, -0.2) is 15.0 Å². The van der Waals surface area contributed by atoms with E-state index in [0.717, 1.165) is 17.1 Å². The third kappa shape index (κ3) is 4.54. The molecule has 0 amide bonds. The first kappa shape index (κ1) is 12.2. The summed E-state index contributed by atoms with van der Waals surface area (Å²) < 4.78 is 0. The molecule has 0 atom stereocenters. The molecule has 0 spiro atoms. The second kappa shape index (κ2) is 5.85. The lowest BCUT2D eigenvalue weighted by atomic mass is 10.3. The molecule has 5 nitrogen and oxygen atoms in total. The van der Waals surface area contributed by atoms with Crippen molar-refractivity contribution < 1.29 is 0 Å². The van der Waals surface area contributed by atoms with E-state index in [4.69, 9.17) is 5.73 Å². The van der Waals surface area contributed by atoms with Gasteiger partial charge < -0.3 is 11.1 Å². The van der Waals surface area contributed by atoms with Crippen LogP contribution in [-0.4, -0.2) is 22.5 Å². The van der Waals surface area contributed by atoms with Gasteiger partial charge in [-0.3, -0.25) is 0 Å². The summed E-state index contributed by atoms with van der Waals surface area (Å²) in [7, 11) is 0. The number of hydrogen-bond acceptors (Lipinski definition) is 3. The molecule has 1 aromatic rings. The van der Waals surface area contributed by atoms with E-state index >= 15 is 0 Å². The minimum absolute atomic E-state index is 0.402. The highest BCUT2D eigenvalue weighted by molar-refractivity contribution is 5.77. The fourth-order valence-corrected chi connectivity index (χ4v) is 1.06. The lowest BCUT2D eigenvalue weighted by Crippen LogP contribution is -2.32. The van der Waals surface area contributed by atoms with Gasteiger partial charge in [-0.1, -0.05) is 12.2 Å². The Morgan fingerprint density at radius 2 is 2.38 bits per heavy atom. The van der Waals surface area contributed by atoms with Crippen LogP contribution in [0.5, 0.6) is 0 Å². The van der Waals surface area contributed by atoms with Crippen LogP contribution in [0.2, 0.25) is 0 Å². The van der Waals surface area contributed by atoms with Crippen molar-refractivity contribution in [1.29, 1.82) is 0 Å². The Balaban J connectivity index is 2.49. The van der Waals surface area contributed by atoms with Crippen LogP contribution in [0.15, 0.2) is 29.4 Å². The molecule has 16 heavy (non-hydrogen) atoms. The minimum atomic E-state index is 0.402. The summed E-state index contributed by atoms with van der Waals surface area (Å²) in [6.45, 7) is 8.62. The maximum Gasteiger partial charge on any atom is 0.189 e. The molecule has 0 aliphatic carbocycles. The van der Waals surface area contributed by atoms with Crippen molar-refractivity contribution in [2.45, 2.75) is 20.4 Å². The van der Waals surface area contributed by atoms with Crippen molar-refractivity contribution in [1.82, 2.24) is 15.3 Å². The van der Waals surface area contributed by atoms with E-state index < -0.39 is 0 Å². The molecular formula is C11H17N5. The molecule has 5 heteroatoms. The average Bonchev–Trinajstić information content (AvgIpc) is 2.23. The Morgan fingerprint density at radius 3 is 3.00 bits per heavy atom. The molecule has 0 radical (unpaired) electrons. The van der Waals surface area contributed by atoms with Gasteiger partial charge in [0.2, 0.25) is 0 Å². The molecule has 0 saturated heterocycles. The quantitative estimate of drug-likeness (QED) is 0.445. The topological polar surface area (TPSA) is 76.2 Å². The van der Waals surface area contributed by atoms with Gasteiger partial charge in [0.1, 0.15) is 5.82 Å². The fourth-order valence-electron chi connectivity index (χ4n) is 1.06. The number of nitrogens with zero attached hydrogens (tertiary/aromatic N) is 3. The zero-order valence-electron chi connectivity index (χ0n) is 9.70. The number of nitrogens with two attached hydrogens (primary N) is 1. The number of aliphatic imine (C=N–C) groups is 1. The van der Waals surface area contributed by atoms with Crippen LogP contribution in [0.25, 0.3) is 0 Å². The van der Waals surface area contributed by atoms with Crippen molar-refractivity contribution >= 4 is 5.96 Å². The Bertz CT molecular complexity index is 397. The summed E-state index contributed by atoms with van der Waals surface area (Å²) in [4.78, 5) is 12.4. The standard InChI is InChI=1S/C11H17N5/c1-8(2)6-14-11(12)15-7-10-4-5-13-9(3)16-10/h4-5H,1,6-7H2,2-3H3,(H3,12,14,15). The fraction of sp³-hybridized carbons (Fsp3) is 0.364. The van der Waals surface area contributed by atoms with Gasteiger partial charge in [-0.05, 0) is 19.9 Å². The van der Waals surface area contributed by atoms with Crippen LogP contribution < -0.4 is 11.1 Å². The normalized spacial score (nSPS) is 11.2. The Hall–Kier alpha value is -1.91. The number of hydrogen-bond donors (Lipinski definition) is 2. The van der Waals surface area contributed by atoms with E-state index in [2.05, 4.69) is 26.9 Å². The van der Waals surface area contributed by atoms with Crippen LogP contribution in [0.1, 0.15) is 18.4 Å². The predicted octanol–water partition coefficient (Wildman–Crippen LogP) is 0.765. The molecule has 1 aromatic heterocycles. The van der Waals surface area contributed by atoms with Crippen molar-refractivity contribution in [2.24, 2.45) is 10.7 Å². The highest BCUT2D eigenvalue weighted by Crippen LogP contribution is 1.96. The second-order valence-corrected chi connectivity index (χ2v) is 3.61. The third-order valence-electron chi connectivity index (χ3n) is 1.82. The minimum Gasteiger partial charge on any atom is -0.370 e. The van der Waals surface area contributed by atoms with E-state index in [0.29, 0.717) is 19.0 Å². The summed E-state index contributed by atoms with van der Waals surface area (Å²) >= 11 is 0. The highest BCUT2D eigenvalue weighted by atomic mass is 15.1. The predicted molar refractivity (Wildman–Crippen MR) is 64.9 cm³/mol. The molecule has 0 saturated carbocycles. The van der Waals surface area contributed by atoms with Crippen LogP contribution in [0.3, 0.4) is 0 Å². The molecule has 0 bridgehead atoms. The van der Waals surface area contributed by atoms with Gasteiger partial charge >= 0.3 is 0 Å². The van der Waals surface area contributed by atoms with Gasteiger partial charge in [-0.2, -0.15) is 0 Å². The molecule has 0 aromatic carbocycles. The van der Waals surface area contributed by atoms with Gasteiger partial charge in [-0.15, -0.1) is 0 Å². The van der Waals surface area contributed by atoms with Crippen molar-refractivity contribution in [3.8, 4) is 0 Å². The molecule has 1 rings (SSSR count). The highest BCUT2D eigenvalue weighted by Gasteiger charge is 1.95. The van der Waals surface area contributed by atoms with Crippen LogP contribution in [0, 0.1) is 6.92 Å². The second-order valence-electron chi connectivity index (χ2n) is 3.61. The van der Waals surface area contributed by atoms with Crippen molar-refractivity contribution in [3.63, 3.8) is 0 Å². The molecule has 0 fully saturated rings. The van der Waals surface area contributed by atoms with Crippen LogP contribution >= 0.6 is 0 Å². The first-order chi connectivity index (χ1) is 7.58. The summed E-state index contributed by atoms with van der Waals surface area (Å²) in [5.41, 5.74) is 7.53. The third-order valence-corrected chi connectivity index (χ3v) is 1.82. The molecule has 0 unspecified atom stereocenters. The molecule has 0 aliphatic rings. The number of rotatable bonds is 4. The average molecular weight is 219 g/mol. The van der Waals surface area contributed by atoms with E-state index in [1.165, 1.54) is 0 Å².